The summed E-state index contributed by atoms with van der Waals surface area (Å²) in [4.78, 5) is 0. The average molecular weight is 200 g/mol. The van der Waals surface area contributed by atoms with E-state index in [-0.39, 0.29) is 12.5 Å². The highest BCUT2D eigenvalue weighted by Crippen LogP contribution is 2.19. The second-order valence-electron chi connectivity index (χ2n) is 4.36. The van der Waals surface area contributed by atoms with Crippen LogP contribution in [0.25, 0.3) is 0 Å². The number of aliphatic hydroxyl groups is 2. The first-order chi connectivity index (χ1) is 6.61. The van der Waals surface area contributed by atoms with Gasteiger partial charge in [0.15, 0.2) is 0 Å². The molecule has 0 unspecified atom stereocenters. The lowest BCUT2D eigenvalue weighted by Crippen LogP contribution is -2.23. The monoisotopic (exact) mass is 200 g/mol. The fourth-order valence-corrected chi connectivity index (χ4v) is 1.62. The van der Waals surface area contributed by atoms with Crippen LogP contribution >= 0.6 is 0 Å². The highest BCUT2D eigenvalue weighted by atomic mass is 16.3. The van der Waals surface area contributed by atoms with Gasteiger partial charge >= 0.3 is 0 Å². The molecule has 14 heavy (non-hydrogen) atoms. The van der Waals surface area contributed by atoms with Crippen molar-refractivity contribution in [3.8, 4) is 0 Å². The minimum atomic E-state index is -0.583. The van der Waals surface area contributed by atoms with Gasteiger partial charge < -0.3 is 10.2 Å². The van der Waals surface area contributed by atoms with Crippen molar-refractivity contribution in [1.82, 2.24) is 0 Å². The number of aliphatic hydroxyl groups excluding tert-OH is 2. The number of rotatable bonds is 8. The average Bonchev–Trinajstić information content (AvgIpc) is 2.15. The van der Waals surface area contributed by atoms with Crippen molar-refractivity contribution >= 4 is 0 Å². The molecule has 0 spiro atoms. The molecule has 2 heteroatoms. The van der Waals surface area contributed by atoms with Crippen LogP contribution in [-0.4, -0.2) is 22.9 Å². The molecule has 0 saturated carbocycles. The zero-order chi connectivity index (χ0) is 11.0. The lowest BCUT2D eigenvalue weighted by atomic mass is 9.91. The molecule has 0 aromatic carbocycles. The van der Waals surface area contributed by atoms with Gasteiger partial charge in [-0.25, -0.2) is 0 Å². The SMILES string of the molecule is C=CC[C@@H](CCCC(C)C)[C@@H](O)CO. The zero-order valence-electron chi connectivity index (χ0n) is 9.45. The Labute approximate surface area is 87.7 Å². The molecule has 0 heterocycles. The lowest BCUT2D eigenvalue weighted by molar-refractivity contribution is 0.0434. The largest absolute Gasteiger partial charge is 0.394 e. The lowest BCUT2D eigenvalue weighted by Gasteiger charge is -2.20. The van der Waals surface area contributed by atoms with Crippen LogP contribution in [0.2, 0.25) is 0 Å². The number of hydrogen-bond donors (Lipinski definition) is 2. The van der Waals surface area contributed by atoms with Crippen molar-refractivity contribution in [3.05, 3.63) is 12.7 Å². The van der Waals surface area contributed by atoms with E-state index in [0.717, 1.165) is 19.3 Å². The summed E-state index contributed by atoms with van der Waals surface area (Å²) in [6.07, 6.45) is 5.31. The quantitative estimate of drug-likeness (QED) is 0.590. The number of hydrogen-bond acceptors (Lipinski definition) is 2. The summed E-state index contributed by atoms with van der Waals surface area (Å²) in [5.74, 6) is 0.891. The van der Waals surface area contributed by atoms with Crippen LogP contribution in [0.15, 0.2) is 12.7 Å². The van der Waals surface area contributed by atoms with Gasteiger partial charge in [0.2, 0.25) is 0 Å². The van der Waals surface area contributed by atoms with Crippen LogP contribution in [0.4, 0.5) is 0 Å². The molecular weight excluding hydrogens is 176 g/mol. The predicted molar refractivity (Wildman–Crippen MR) is 60.1 cm³/mol. The Balaban J connectivity index is 3.78. The molecule has 2 atom stereocenters. The molecule has 0 aromatic heterocycles. The Morgan fingerprint density at radius 3 is 2.36 bits per heavy atom. The van der Waals surface area contributed by atoms with Gasteiger partial charge in [-0.1, -0.05) is 32.8 Å². The third kappa shape index (κ3) is 6.17. The molecule has 0 rings (SSSR count). The Morgan fingerprint density at radius 1 is 1.29 bits per heavy atom. The van der Waals surface area contributed by atoms with Gasteiger partial charge in [0, 0.05) is 0 Å². The second kappa shape index (κ2) is 8.01. The van der Waals surface area contributed by atoms with Crippen LogP contribution in [0, 0.1) is 11.8 Å². The maximum atomic E-state index is 9.52. The van der Waals surface area contributed by atoms with Gasteiger partial charge in [-0.2, -0.15) is 0 Å². The van der Waals surface area contributed by atoms with E-state index in [4.69, 9.17) is 5.11 Å². The molecule has 0 amide bonds. The van der Waals surface area contributed by atoms with E-state index in [1.807, 2.05) is 6.08 Å². The smallest absolute Gasteiger partial charge is 0.0801 e. The molecule has 0 aromatic rings. The third-order valence-corrected chi connectivity index (χ3v) is 2.56. The molecule has 0 fully saturated rings. The highest BCUT2D eigenvalue weighted by Gasteiger charge is 2.16. The Morgan fingerprint density at radius 2 is 1.93 bits per heavy atom. The summed E-state index contributed by atoms with van der Waals surface area (Å²) in [6, 6.07) is 0. The summed E-state index contributed by atoms with van der Waals surface area (Å²) < 4.78 is 0. The fourth-order valence-electron chi connectivity index (χ4n) is 1.62. The van der Waals surface area contributed by atoms with Crippen LogP contribution < -0.4 is 0 Å². The van der Waals surface area contributed by atoms with E-state index in [0.29, 0.717) is 5.92 Å². The first kappa shape index (κ1) is 13.7. The van der Waals surface area contributed by atoms with Crippen molar-refractivity contribution < 1.29 is 10.2 Å². The summed E-state index contributed by atoms with van der Waals surface area (Å²) in [6.45, 7) is 7.93. The topological polar surface area (TPSA) is 40.5 Å². The molecule has 2 N–H and O–H groups in total. The Kier molecular flexibility index (Phi) is 7.81. The predicted octanol–water partition coefficient (Wildman–Crippen LogP) is 2.36. The van der Waals surface area contributed by atoms with Crippen LogP contribution in [0.3, 0.4) is 0 Å². The van der Waals surface area contributed by atoms with Gasteiger partial charge in [-0.15, -0.1) is 6.58 Å². The normalized spacial score (nSPS) is 15.5. The summed E-state index contributed by atoms with van der Waals surface area (Å²) in [7, 11) is 0. The molecule has 0 saturated heterocycles. The third-order valence-electron chi connectivity index (χ3n) is 2.56. The standard InChI is InChI=1S/C12H24O2/c1-4-6-11(12(14)9-13)8-5-7-10(2)3/h4,10-14H,1,5-9H2,2-3H3/t11-,12-/m0/s1. The molecule has 0 bridgehead atoms. The molecule has 0 aliphatic heterocycles. The van der Waals surface area contributed by atoms with Crippen molar-refractivity contribution in [2.24, 2.45) is 11.8 Å². The Hall–Kier alpha value is -0.340. The first-order valence-corrected chi connectivity index (χ1v) is 5.51. The first-order valence-electron chi connectivity index (χ1n) is 5.51. The van der Waals surface area contributed by atoms with Crippen molar-refractivity contribution in [2.75, 3.05) is 6.61 Å². The van der Waals surface area contributed by atoms with Crippen LogP contribution in [-0.2, 0) is 0 Å². The van der Waals surface area contributed by atoms with Gasteiger partial charge in [0.1, 0.15) is 0 Å². The minimum absolute atomic E-state index is 0.139. The van der Waals surface area contributed by atoms with E-state index in [1.54, 1.807) is 0 Å². The molecule has 0 radical (unpaired) electrons. The molecule has 0 aliphatic carbocycles. The van der Waals surface area contributed by atoms with E-state index in [2.05, 4.69) is 20.4 Å². The minimum Gasteiger partial charge on any atom is -0.394 e. The molecular formula is C12H24O2. The van der Waals surface area contributed by atoms with Crippen LogP contribution in [0.5, 0.6) is 0 Å². The van der Waals surface area contributed by atoms with E-state index < -0.39 is 6.10 Å². The van der Waals surface area contributed by atoms with E-state index >= 15 is 0 Å². The van der Waals surface area contributed by atoms with Gasteiger partial charge in [-0.3, -0.25) is 0 Å². The van der Waals surface area contributed by atoms with Gasteiger partial charge in [-0.05, 0) is 24.7 Å². The zero-order valence-corrected chi connectivity index (χ0v) is 9.45. The summed E-state index contributed by atoms with van der Waals surface area (Å²) >= 11 is 0. The molecule has 0 aliphatic rings. The van der Waals surface area contributed by atoms with Crippen molar-refractivity contribution in [3.63, 3.8) is 0 Å². The van der Waals surface area contributed by atoms with E-state index in [9.17, 15) is 5.11 Å². The fraction of sp³-hybridized carbons (Fsp3) is 0.833. The maximum Gasteiger partial charge on any atom is 0.0801 e. The van der Waals surface area contributed by atoms with E-state index in [1.165, 1.54) is 6.42 Å². The van der Waals surface area contributed by atoms with Crippen molar-refractivity contribution in [2.45, 2.75) is 45.6 Å². The number of allylic oxidation sites excluding steroid dienone is 1. The van der Waals surface area contributed by atoms with Crippen molar-refractivity contribution in [1.29, 1.82) is 0 Å². The summed E-state index contributed by atoms with van der Waals surface area (Å²) in [5.41, 5.74) is 0. The molecule has 84 valence electrons. The highest BCUT2D eigenvalue weighted by molar-refractivity contribution is 4.78. The summed E-state index contributed by atoms with van der Waals surface area (Å²) in [5, 5.41) is 18.4. The van der Waals surface area contributed by atoms with Gasteiger partial charge in [0.25, 0.3) is 0 Å². The van der Waals surface area contributed by atoms with Gasteiger partial charge in [0.05, 0.1) is 12.7 Å². The Bertz CT molecular complexity index is 143. The van der Waals surface area contributed by atoms with Crippen LogP contribution in [0.1, 0.15) is 39.5 Å². The maximum absolute atomic E-state index is 9.52. The second-order valence-corrected chi connectivity index (χ2v) is 4.36. The molecule has 2 nitrogen and oxygen atoms in total.